The van der Waals surface area contributed by atoms with E-state index in [0.29, 0.717) is 23.3 Å². The molecule has 0 radical (unpaired) electrons. The van der Waals surface area contributed by atoms with Crippen molar-refractivity contribution in [2.45, 2.75) is 38.1 Å². The van der Waals surface area contributed by atoms with Gasteiger partial charge in [-0.25, -0.2) is 4.98 Å². The van der Waals surface area contributed by atoms with E-state index in [4.69, 9.17) is 9.47 Å². The predicted octanol–water partition coefficient (Wildman–Crippen LogP) is 3.57. The monoisotopic (exact) mass is 369 g/mol. The van der Waals surface area contributed by atoms with Crippen LogP contribution in [-0.2, 0) is 4.74 Å². The third kappa shape index (κ3) is 4.83. The molecule has 144 valence electrons. The highest BCUT2D eigenvalue weighted by atomic mass is 16.5. The number of aromatic nitrogens is 2. The Morgan fingerprint density at radius 1 is 1.19 bits per heavy atom. The van der Waals surface area contributed by atoms with Crippen LogP contribution in [0.15, 0.2) is 36.5 Å². The number of likely N-dealkylation sites (tertiary alicyclic amines) is 1. The summed E-state index contributed by atoms with van der Waals surface area (Å²) in [6.45, 7) is 1.57. The zero-order valence-corrected chi connectivity index (χ0v) is 16.1. The quantitative estimate of drug-likeness (QED) is 0.698. The highest BCUT2D eigenvalue weighted by molar-refractivity contribution is 5.95. The fraction of sp³-hybridized carbons (Fsp3) is 0.476. The average Bonchev–Trinajstić information content (AvgIpc) is 2.74. The van der Waals surface area contributed by atoms with Crippen LogP contribution < -0.4 is 4.74 Å². The maximum Gasteiger partial charge on any atom is 0.254 e. The van der Waals surface area contributed by atoms with Crippen molar-refractivity contribution in [3.8, 4) is 17.3 Å². The van der Waals surface area contributed by atoms with Crippen molar-refractivity contribution in [1.82, 2.24) is 14.9 Å². The molecule has 1 aromatic carbocycles. The highest BCUT2D eigenvalue weighted by Crippen LogP contribution is 2.24. The van der Waals surface area contributed by atoms with Crippen LogP contribution in [0.2, 0.25) is 0 Å². The number of amides is 1. The lowest BCUT2D eigenvalue weighted by Crippen LogP contribution is -2.43. The van der Waals surface area contributed by atoms with Crippen molar-refractivity contribution in [3.63, 3.8) is 0 Å². The van der Waals surface area contributed by atoms with Crippen molar-refractivity contribution >= 4 is 5.91 Å². The number of ether oxygens (including phenoxy) is 2. The normalized spacial score (nSPS) is 17.0. The fourth-order valence-corrected chi connectivity index (χ4v) is 3.55. The van der Waals surface area contributed by atoms with Gasteiger partial charge in [0.2, 0.25) is 5.88 Å². The van der Waals surface area contributed by atoms with Crippen LogP contribution >= 0.6 is 0 Å². The van der Waals surface area contributed by atoms with E-state index in [1.165, 1.54) is 6.42 Å². The zero-order chi connectivity index (χ0) is 19.1. The molecule has 1 atom stereocenters. The molecule has 0 spiro atoms. The maximum atomic E-state index is 13.0. The minimum Gasteiger partial charge on any atom is -0.481 e. The van der Waals surface area contributed by atoms with Gasteiger partial charge < -0.3 is 14.4 Å². The summed E-state index contributed by atoms with van der Waals surface area (Å²) in [7, 11) is 3.30. The SMILES string of the molecule is COCCCC1CCCCN1C(=O)c1ccc(-c2nccc(OC)n2)cc1. The van der Waals surface area contributed by atoms with Crippen molar-refractivity contribution in [3.05, 3.63) is 42.1 Å². The van der Waals surface area contributed by atoms with Crippen molar-refractivity contribution < 1.29 is 14.3 Å². The molecule has 0 N–H and O–H groups in total. The summed E-state index contributed by atoms with van der Waals surface area (Å²) in [6.07, 6.45) is 6.98. The van der Waals surface area contributed by atoms with Crippen molar-refractivity contribution in [2.75, 3.05) is 27.4 Å². The number of hydrogen-bond acceptors (Lipinski definition) is 5. The molecule has 2 heterocycles. The van der Waals surface area contributed by atoms with E-state index < -0.39 is 0 Å². The molecular formula is C21H27N3O3. The molecule has 27 heavy (non-hydrogen) atoms. The van der Waals surface area contributed by atoms with Crippen LogP contribution in [0.25, 0.3) is 11.4 Å². The lowest BCUT2D eigenvalue weighted by Gasteiger charge is -2.36. The number of benzene rings is 1. The lowest BCUT2D eigenvalue weighted by atomic mass is 9.97. The van der Waals surface area contributed by atoms with Gasteiger partial charge in [0.05, 0.1) is 7.11 Å². The summed E-state index contributed by atoms with van der Waals surface area (Å²) in [5, 5.41) is 0. The summed E-state index contributed by atoms with van der Waals surface area (Å²) in [4.78, 5) is 23.7. The third-order valence-corrected chi connectivity index (χ3v) is 5.00. The van der Waals surface area contributed by atoms with E-state index in [2.05, 4.69) is 9.97 Å². The molecule has 1 fully saturated rings. The molecule has 1 saturated heterocycles. The summed E-state index contributed by atoms with van der Waals surface area (Å²) < 4.78 is 10.3. The molecule has 6 nitrogen and oxygen atoms in total. The molecule has 3 rings (SSSR count). The minimum absolute atomic E-state index is 0.107. The number of carbonyl (C=O) groups excluding carboxylic acids is 1. The number of methoxy groups -OCH3 is 2. The number of hydrogen-bond donors (Lipinski definition) is 0. The molecule has 0 bridgehead atoms. The summed E-state index contributed by atoms with van der Waals surface area (Å²) in [5.41, 5.74) is 1.57. The molecule has 1 aliphatic heterocycles. The van der Waals surface area contributed by atoms with E-state index in [0.717, 1.165) is 44.4 Å². The Morgan fingerprint density at radius 2 is 2.00 bits per heavy atom. The van der Waals surface area contributed by atoms with Crippen LogP contribution in [0, 0.1) is 0 Å². The van der Waals surface area contributed by atoms with E-state index in [-0.39, 0.29) is 5.91 Å². The van der Waals surface area contributed by atoms with Crippen LogP contribution in [0.1, 0.15) is 42.5 Å². The van der Waals surface area contributed by atoms with Gasteiger partial charge in [0.15, 0.2) is 5.82 Å². The van der Waals surface area contributed by atoms with E-state index in [9.17, 15) is 4.79 Å². The Kier molecular flexibility index (Phi) is 6.76. The number of rotatable bonds is 7. The van der Waals surface area contributed by atoms with Crippen molar-refractivity contribution in [2.24, 2.45) is 0 Å². The smallest absolute Gasteiger partial charge is 0.254 e. The van der Waals surface area contributed by atoms with Gasteiger partial charge in [0.25, 0.3) is 5.91 Å². The number of piperidine rings is 1. The van der Waals surface area contributed by atoms with Gasteiger partial charge >= 0.3 is 0 Å². The number of nitrogens with zero attached hydrogens (tertiary/aromatic N) is 3. The summed E-state index contributed by atoms with van der Waals surface area (Å²) in [5.74, 6) is 1.21. The lowest BCUT2D eigenvalue weighted by molar-refractivity contribution is 0.0585. The van der Waals surface area contributed by atoms with E-state index in [1.807, 2.05) is 29.2 Å². The average molecular weight is 369 g/mol. The molecular weight excluding hydrogens is 342 g/mol. The molecule has 6 heteroatoms. The molecule has 1 unspecified atom stereocenters. The van der Waals surface area contributed by atoms with Crippen molar-refractivity contribution in [1.29, 1.82) is 0 Å². The maximum absolute atomic E-state index is 13.0. The first-order valence-electron chi connectivity index (χ1n) is 9.50. The van der Waals surface area contributed by atoms with Gasteiger partial charge in [-0.1, -0.05) is 12.1 Å². The van der Waals surface area contributed by atoms with E-state index in [1.54, 1.807) is 26.5 Å². The Balaban J connectivity index is 1.72. The standard InChI is InChI=1S/C21H27N3O3/c1-26-15-5-7-18-6-3-4-14-24(18)21(25)17-10-8-16(9-11-17)20-22-13-12-19(23-20)27-2/h8-13,18H,3-7,14-15H2,1-2H3. The highest BCUT2D eigenvalue weighted by Gasteiger charge is 2.27. The van der Waals surface area contributed by atoms with Gasteiger partial charge in [-0.3, -0.25) is 4.79 Å². The second-order valence-corrected chi connectivity index (χ2v) is 6.78. The molecule has 2 aromatic rings. The molecule has 1 aliphatic rings. The second kappa shape index (κ2) is 9.46. The Hall–Kier alpha value is -2.47. The van der Waals surface area contributed by atoms with Gasteiger partial charge in [-0.05, 0) is 44.2 Å². The first kappa shape index (κ1) is 19.3. The third-order valence-electron chi connectivity index (χ3n) is 5.00. The Labute approximate surface area is 160 Å². The van der Waals surface area contributed by atoms with Gasteiger partial charge in [-0.2, -0.15) is 4.98 Å². The second-order valence-electron chi connectivity index (χ2n) is 6.78. The summed E-state index contributed by atoms with van der Waals surface area (Å²) >= 11 is 0. The summed E-state index contributed by atoms with van der Waals surface area (Å²) in [6, 6.07) is 9.53. The zero-order valence-electron chi connectivity index (χ0n) is 16.1. The first-order chi connectivity index (χ1) is 13.2. The molecule has 0 aliphatic carbocycles. The van der Waals surface area contributed by atoms with Crippen LogP contribution in [0.5, 0.6) is 5.88 Å². The molecule has 1 aromatic heterocycles. The Bertz CT molecular complexity index is 749. The Morgan fingerprint density at radius 3 is 2.74 bits per heavy atom. The molecule has 0 saturated carbocycles. The minimum atomic E-state index is 0.107. The topological polar surface area (TPSA) is 64.5 Å². The number of carbonyl (C=O) groups is 1. The molecule has 1 amide bonds. The predicted molar refractivity (Wildman–Crippen MR) is 104 cm³/mol. The van der Waals surface area contributed by atoms with Crippen LogP contribution in [0.4, 0.5) is 0 Å². The van der Waals surface area contributed by atoms with E-state index >= 15 is 0 Å². The van der Waals surface area contributed by atoms with Crippen LogP contribution in [-0.4, -0.2) is 54.2 Å². The largest absolute Gasteiger partial charge is 0.481 e. The van der Waals surface area contributed by atoms with Crippen LogP contribution in [0.3, 0.4) is 0 Å². The van der Waals surface area contributed by atoms with Gasteiger partial charge in [-0.15, -0.1) is 0 Å². The van der Waals surface area contributed by atoms with Gasteiger partial charge in [0, 0.05) is 49.7 Å². The fourth-order valence-electron chi connectivity index (χ4n) is 3.55. The van der Waals surface area contributed by atoms with Gasteiger partial charge in [0.1, 0.15) is 0 Å². The first-order valence-corrected chi connectivity index (χ1v) is 9.50.